The number of nitrogens with one attached hydrogen (secondary N) is 1. The van der Waals surface area contributed by atoms with E-state index in [1.165, 1.54) is 32.1 Å². The highest BCUT2D eigenvalue weighted by molar-refractivity contribution is 5.66. The third kappa shape index (κ3) is 2.47. The Hall–Kier alpha value is -1.19. The van der Waals surface area contributed by atoms with Gasteiger partial charge in [0.1, 0.15) is 5.82 Å². The second kappa shape index (κ2) is 4.82. The van der Waals surface area contributed by atoms with Gasteiger partial charge in [0.25, 0.3) is 0 Å². The minimum atomic E-state index is 0.175. The third-order valence-corrected chi connectivity index (χ3v) is 4.04. The fourth-order valence-corrected chi connectivity index (χ4v) is 2.88. The van der Waals surface area contributed by atoms with E-state index in [0.29, 0.717) is 5.92 Å². The number of anilines is 2. The number of aryl methyl sites for hydroxylation is 1. The lowest BCUT2D eigenvalue weighted by Crippen LogP contribution is -2.37. The van der Waals surface area contributed by atoms with Gasteiger partial charge in [0.15, 0.2) is 0 Å². The normalized spacial score (nSPS) is 19.2. The van der Waals surface area contributed by atoms with E-state index < -0.39 is 0 Å². The maximum absolute atomic E-state index is 6.24. The Labute approximate surface area is 110 Å². The number of nitrogens with two attached hydrogens (primary N) is 1. The molecule has 1 aromatic heterocycles. The highest BCUT2D eigenvalue weighted by Gasteiger charge is 2.29. The van der Waals surface area contributed by atoms with Crippen molar-refractivity contribution in [2.45, 2.75) is 64.3 Å². The van der Waals surface area contributed by atoms with Crippen molar-refractivity contribution in [1.82, 2.24) is 9.78 Å². The summed E-state index contributed by atoms with van der Waals surface area (Å²) in [6, 6.07) is 0. The van der Waals surface area contributed by atoms with Crippen molar-refractivity contribution < 1.29 is 0 Å². The zero-order valence-electron chi connectivity index (χ0n) is 12.1. The summed E-state index contributed by atoms with van der Waals surface area (Å²) in [5.41, 5.74) is 8.23. The lowest BCUT2D eigenvalue weighted by Gasteiger charge is -2.35. The Morgan fingerprint density at radius 1 is 1.28 bits per heavy atom. The molecule has 1 aliphatic rings. The lowest BCUT2D eigenvalue weighted by atomic mass is 9.83. The minimum Gasteiger partial charge on any atom is -0.394 e. The second-order valence-corrected chi connectivity index (χ2v) is 6.17. The molecular formula is C14H26N4. The van der Waals surface area contributed by atoms with Crippen LogP contribution in [0.15, 0.2) is 0 Å². The molecule has 0 unspecified atom stereocenters. The molecule has 0 saturated heterocycles. The van der Waals surface area contributed by atoms with E-state index in [2.05, 4.69) is 31.2 Å². The SMILES string of the molecule is CC(C)c1nn(C)c(NC2(C)CCCCC2)c1N. The van der Waals surface area contributed by atoms with Gasteiger partial charge in [0.2, 0.25) is 0 Å². The summed E-state index contributed by atoms with van der Waals surface area (Å²) >= 11 is 0. The van der Waals surface area contributed by atoms with Crippen LogP contribution in [0.2, 0.25) is 0 Å². The van der Waals surface area contributed by atoms with Crippen LogP contribution >= 0.6 is 0 Å². The molecule has 4 heteroatoms. The number of hydrogen-bond donors (Lipinski definition) is 2. The van der Waals surface area contributed by atoms with Crippen LogP contribution in [0.25, 0.3) is 0 Å². The summed E-state index contributed by atoms with van der Waals surface area (Å²) in [5.74, 6) is 1.36. The Balaban J connectivity index is 2.23. The highest BCUT2D eigenvalue weighted by Crippen LogP contribution is 2.35. The number of aromatic nitrogens is 2. The fourth-order valence-electron chi connectivity index (χ4n) is 2.88. The van der Waals surface area contributed by atoms with Crippen molar-refractivity contribution in [1.29, 1.82) is 0 Å². The van der Waals surface area contributed by atoms with E-state index in [1.807, 2.05) is 11.7 Å². The topological polar surface area (TPSA) is 55.9 Å². The quantitative estimate of drug-likeness (QED) is 0.865. The summed E-state index contributed by atoms with van der Waals surface area (Å²) in [6.45, 7) is 6.56. The predicted octanol–water partition coefficient (Wildman–Crippen LogP) is 3.26. The summed E-state index contributed by atoms with van der Waals surface area (Å²) in [6.07, 6.45) is 6.40. The van der Waals surface area contributed by atoms with Crippen LogP contribution in [0.5, 0.6) is 0 Å². The van der Waals surface area contributed by atoms with Gasteiger partial charge in [0.05, 0.1) is 11.4 Å². The number of nitrogens with zero attached hydrogens (tertiary/aromatic N) is 2. The van der Waals surface area contributed by atoms with Crippen molar-refractivity contribution >= 4 is 11.5 Å². The Kier molecular flexibility index (Phi) is 3.55. The summed E-state index contributed by atoms with van der Waals surface area (Å²) in [5, 5.41) is 8.18. The van der Waals surface area contributed by atoms with Gasteiger partial charge in [-0.15, -0.1) is 0 Å². The Morgan fingerprint density at radius 3 is 2.39 bits per heavy atom. The molecular weight excluding hydrogens is 224 g/mol. The molecule has 0 radical (unpaired) electrons. The molecule has 1 fully saturated rings. The first-order chi connectivity index (χ1) is 8.43. The van der Waals surface area contributed by atoms with E-state index >= 15 is 0 Å². The van der Waals surface area contributed by atoms with Crippen LogP contribution in [0, 0.1) is 0 Å². The molecule has 1 aliphatic carbocycles. The first kappa shape index (κ1) is 13.2. The first-order valence-electron chi connectivity index (χ1n) is 7.03. The predicted molar refractivity (Wildman–Crippen MR) is 76.8 cm³/mol. The van der Waals surface area contributed by atoms with E-state index in [4.69, 9.17) is 5.73 Å². The maximum Gasteiger partial charge on any atom is 0.148 e. The Bertz CT molecular complexity index is 414. The van der Waals surface area contributed by atoms with E-state index in [0.717, 1.165) is 17.2 Å². The standard InChI is InChI=1S/C14H26N4/c1-10(2)12-11(15)13(18(4)17-12)16-14(3)8-6-5-7-9-14/h10,16H,5-9,15H2,1-4H3. The molecule has 0 aromatic carbocycles. The molecule has 102 valence electrons. The van der Waals surface area contributed by atoms with Gasteiger partial charge in [-0.3, -0.25) is 4.68 Å². The van der Waals surface area contributed by atoms with Gasteiger partial charge < -0.3 is 11.1 Å². The smallest absolute Gasteiger partial charge is 0.148 e. The fraction of sp³-hybridized carbons (Fsp3) is 0.786. The van der Waals surface area contributed by atoms with Gasteiger partial charge in [-0.25, -0.2) is 0 Å². The molecule has 1 heterocycles. The Morgan fingerprint density at radius 2 is 1.89 bits per heavy atom. The molecule has 0 amide bonds. The molecule has 18 heavy (non-hydrogen) atoms. The monoisotopic (exact) mass is 250 g/mol. The molecule has 4 nitrogen and oxygen atoms in total. The molecule has 0 bridgehead atoms. The van der Waals surface area contributed by atoms with Gasteiger partial charge >= 0.3 is 0 Å². The molecule has 1 aromatic rings. The van der Waals surface area contributed by atoms with Crippen molar-refractivity contribution in [3.05, 3.63) is 5.69 Å². The van der Waals surface area contributed by atoms with Crippen molar-refractivity contribution in [3.63, 3.8) is 0 Å². The van der Waals surface area contributed by atoms with Crippen LogP contribution in [-0.2, 0) is 7.05 Å². The van der Waals surface area contributed by atoms with Crippen molar-refractivity contribution in [3.8, 4) is 0 Å². The average Bonchev–Trinajstić information content (AvgIpc) is 2.58. The molecule has 2 rings (SSSR count). The minimum absolute atomic E-state index is 0.175. The molecule has 0 spiro atoms. The average molecular weight is 250 g/mol. The summed E-state index contributed by atoms with van der Waals surface area (Å²) in [4.78, 5) is 0. The van der Waals surface area contributed by atoms with Crippen molar-refractivity contribution in [2.24, 2.45) is 7.05 Å². The zero-order valence-corrected chi connectivity index (χ0v) is 12.1. The van der Waals surface area contributed by atoms with E-state index in [9.17, 15) is 0 Å². The van der Waals surface area contributed by atoms with Gasteiger partial charge in [-0.2, -0.15) is 5.10 Å². The van der Waals surface area contributed by atoms with Gasteiger partial charge in [-0.05, 0) is 25.7 Å². The number of hydrogen-bond acceptors (Lipinski definition) is 3. The van der Waals surface area contributed by atoms with Crippen LogP contribution in [0.3, 0.4) is 0 Å². The second-order valence-electron chi connectivity index (χ2n) is 6.17. The highest BCUT2D eigenvalue weighted by atomic mass is 15.3. The summed E-state index contributed by atoms with van der Waals surface area (Å²) in [7, 11) is 1.97. The zero-order chi connectivity index (χ0) is 13.3. The third-order valence-electron chi connectivity index (χ3n) is 4.04. The van der Waals surface area contributed by atoms with Crippen LogP contribution < -0.4 is 11.1 Å². The number of nitrogen functional groups attached to an aromatic ring is 1. The number of rotatable bonds is 3. The summed E-state index contributed by atoms with van der Waals surface area (Å²) < 4.78 is 1.89. The van der Waals surface area contributed by atoms with Gasteiger partial charge in [-0.1, -0.05) is 33.1 Å². The first-order valence-corrected chi connectivity index (χ1v) is 7.03. The maximum atomic E-state index is 6.24. The van der Waals surface area contributed by atoms with Crippen LogP contribution in [-0.4, -0.2) is 15.3 Å². The molecule has 3 N–H and O–H groups in total. The molecule has 1 saturated carbocycles. The largest absolute Gasteiger partial charge is 0.394 e. The van der Waals surface area contributed by atoms with Crippen LogP contribution in [0.1, 0.15) is 64.5 Å². The lowest BCUT2D eigenvalue weighted by molar-refractivity contribution is 0.347. The van der Waals surface area contributed by atoms with Crippen molar-refractivity contribution in [2.75, 3.05) is 11.1 Å². The van der Waals surface area contributed by atoms with E-state index in [-0.39, 0.29) is 5.54 Å². The van der Waals surface area contributed by atoms with E-state index in [1.54, 1.807) is 0 Å². The molecule has 0 aliphatic heterocycles. The molecule has 0 atom stereocenters. The van der Waals surface area contributed by atoms with Gasteiger partial charge in [0, 0.05) is 12.6 Å². The van der Waals surface area contributed by atoms with Crippen LogP contribution in [0.4, 0.5) is 11.5 Å².